The lowest BCUT2D eigenvalue weighted by Crippen LogP contribution is -2.32. The zero-order valence-electron chi connectivity index (χ0n) is 17.4. The fourth-order valence-corrected chi connectivity index (χ4v) is 3.75. The highest BCUT2D eigenvalue weighted by Gasteiger charge is 2.46. The number of carbonyl (C=O) groups is 2. The van der Waals surface area contributed by atoms with Crippen molar-refractivity contribution < 1.29 is 24.2 Å². The molecule has 1 atom stereocenters. The Hall–Kier alpha value is -2.54. The van der Waals surface area contributed by atoms with Gasteiger partial charge >= 0.3 is 0 Å². The van der Waals surface area contributed by atoms with Gasteiger partial charge in [0.15, 0.2) is 0 Å². The summed E-state index contributed by atoms with van der Waals surface area (Å²) in [7, 11) is 1.51. The van der Waals surface area contributed by atoms with Crippen molar-refractivity contribution in [3.05, 3.63) is 69.2 Å². The average molecular weight is 464 g/mol. The van der Waals surface area contributed by atoms with E-state index in [2.05, 4.69) is 0 Å². The number of hydrogen-bond acceptors (Lipinski definition) is 5. The fourth-order valence-electron chi connectivity index (χ4n) is 3.45. The molecule has 8 heteroatoms. The molecule has 0 aliphatic carbocycles. The lowest BCUT2D eigenvalue weighted by Gasteiger charge is -2.25. The molecule has 3 rings (SSSR count). The van der Waals surface area contributed by atoms with Gasteiger partial charge in [-0.3, -0.25) is 9.59 Å². The Morgan fingerprint density at radius 3 is 2.35 bits per heavy atom. The molecule has 164 valence electrons. The zero-order valence-corrected chi connectivity index (χ0v) is 18.9. The molecule has 2 aromatic carbocycles. The Labute approximate surface area is 191 Å². The van der Waals surface area contributed by atoms with E-state index in [1.165, 1.54) is 12.0 Å². The number of likely N-dealkylation sites (tertiary alicyclic amines) is 1. The van der Waals surface area contributed by atoms with Crippen LogP contribution in [0.25, 0.3) is 5.76 Å². The summed E-state index contributed by atoms with van der Waals surface area (Å²) in [5.74, 6) is -1.12. The molecule has 1 heterocycles. The number of ether oxygens (including phenoxy) is 2. The molecule has 0 bridgehead atoms. The number of methoxy groups -OCH3 is 1. The van der Waals surface area contributed by atoms with Crippen LogP contribution in [-0.4, -0.2) is 48.1 Å². The van der Waals surface area contributed by atoms with E-state index < -0.39 is 17.7 Å². The van der Waals surface area contributed by atoms with Crippen molar-refractivity contribution >= 4 is 40.7 Å². The normalized spacial score (nSPS) is 18.1. The first kappa shape index (κ1) is 23.1. The monoisotopic (exact) mass is 463 g/mol. The second kappa shape index (κ2) is 9.73. The maximum atomic E-state index is 12.9. The highest BCUT2D eigenvalue weighted by Crippen LogP contribution is 2.40. The Balaban J connectivity index is 2.10. The van der Waals surface area contributed by atoms with Crippen LogP contribution in [0.4, 0.5) is 0 Å². The molecule has 1 saturated heterocycles. The molecular weight excluding hydrogens is 441 g/mol. The third-order valence-corrected chi connectivity index (χ3v) is 5.57. The molecule has 1 amide bonds. The summed E-state index contributed by atoms with van der Waals surface area (Å²) in [6.07, 6.45) is 0.000194. The van der Waals surface area contributed by atoms with Crippen molar-refractivity contribution in [1.82, 2.24) is 4.90 Å². The first-order valence-corrected chi connectivity index (χ1v) is 10.5. The van der Waals surface area contributed by atoms with Gasteiger partial charge in [0.1, 0.15) is 11.5 Å². The van der Waals surface area contributed by atoms with E-state index in [1.54, 1.807) is 42.5 Å². The van der Waals surface area contributed by atoms with Gasteiger partial charge in [-0.2, -0.15) is 0 Å². The number of rotatable bonds is 7. The van der Waals surface area contributed by atoms with Gasteiger partial charge in [0.25, 0.3) is 11.7 Å². The average Bonchev–Trinajstić information content (AvgIpc) is 2.98. The van der Waals surface area contributed by atoms with Gasteiger partial charge < -0.3 is 19.5 Å². The third kappa shape index (κ3) is 4.87. The Kier molecular flexibility index (Phi) is 7.26. The van der Waals surface area contributed by atoms with Crippen molar-refractivity contribution in [3.63, 3.8) is 0 Å². The Morgan fingerprint density at radius 2 is 1.77 bits per heavy atom. The Bertz CT molecular complexity index is 1020. The molecule has 31 heavy (non-hydrogen) atoms. The summed E-state index contributed by atoms with van der Waals surface area (Å²) in [4.78, 5) is 27.0. The van der Waals surface area contributed by atoms with Crippen LogP contribution in [0, 0.1) is 0 Å². The summed E-state index contributed by atoms with van der Waals surface area (Å²) >= 11 is 12.2. The van der Waals surface area contributed by atoms with Crippen molar-refractivity contribution in [3.8, 4) is 5.75 Å². The van der Waals surface area contributed by atoms with E-state index in [0.717, 1.165) is 0 Å². The first-order chi connectivity index (χ1) is 14.7. The number of aliphatic hydroxyl groups excluding tert-OH is 1. The quantitative estimate of drug-likeness (QED) is 0.360. The van der Waals surface area contributed by atoms with Crippen LogP contribution in [0.3, 0.4) is 0 Å². The minimum Gasteiger partial charge on any atom is -0.507 e. The van der Waals surface area contributed by atoms with E-state index in [4.69, 9.17) is 32.7 Å². The smallest absolute Gasteiger partial charge is 0.295 e. The van der Waals surface area contributed by atoms with Crippen LogP contribution in [0.5, 0.6) is 5.75 Å². The van der Waals surface area contributed by atoms with Gasteiger partial charge in [0.2, 0.25) is 0 Å². The van der Waals surface area contributed by atoms with E-state index in [-0.39, 0.29) is 35.6 Å². The molecule has 1 N–H and O–H groups in total. The summed E-state index contributed by atoms with van der Waals surface area (Å²) in [6, 6.07) is 10.7. The summed E-state index contributed by atoms with van der Waals surface area (Å²) < 4.78 is 10.7. The molecule has 1 fully saturated rings. The lowest BCUT2D eigenvalue weighted by atomic mass is 9.95. The second-order valence-corrected chi connectivity index (χ2v) is 8.16. The van der Waals surface area contributed by atoms with Gasteiger partial charge in [0, 0.05) is 19.2 Å². The topological polar surface area (TPSA) is 76.1 Å². The predicted molar refractivity (Wildman–Crippen MR) is 120 cm³/mol. The standard InChI is InChI=1S/C23H23Cl2NO5/c1-13(2)31-16-7-4-14(5-8-16)21(27)19-20(15-6-9-17(24)18(25)12-15)26(10-11-30-3)23(29)22(19)28/h4-9,12-13,20,27H,10-11H2,1-3H3/b21-19+. The molecule has 0 radical (unpaired) electrons. The molecular formula is C23H23Cl2NO5. The van der Waals surface area contributed by atoms with E-state index in [1.807, 2.05) is 13.8 Å². The SMILES string of the molecule is COCCN1C(=O)C(=O)/C(=C(/O)c2ccc(OC(C)C)cc2)C1c1ccc(Cl)c(Cl)c1. The van der Waals surface area contributed by atoms with E-state index in [0.29, 0.717) is 21.9 Å². The van der Waals surface area contributed by atoms with E-state index >= 15 is 0 Å². The summed E-state index contributed by atoms with van der Waals surface area (Å²) in [5, 5.41) is 11.7. The van der Waals surface area contributed by atoms with Crippen LogP contribution in [0.15, 0.2) is 48.0 Å². The third-order valence-electron chi connectivity index (χ3n) is 4.84. The highest BCUT2D eigenvalue weighted by molar-refractivity contribution is 6.46. The van der Waals surface area contributed by atoms with E-state index in [9.17, 15) is 14.7 Å². The van der Waals surface area contributed by atoms with Crippen molar-refractivity contribution in [2.45, 2.75) is 26.0 Å². The van der Waals surface area contributed by atoms with Gasteiger partial charge in [-0.15, -0.1) is 0 Å². The number of nitrogens with zero attached hydrogens (tertiary/aromatic N) is 1. The molecule has 6 nitrogen and oxygen atoms in total. The maximum absolute atomic E-state index is 12.9. The summed E-state index contributed by atoms with van der Waals surface area (Å²) in [6.45, 7) is 4.22. The number of carbonyl (C=O) groups excluding carboxylic acids is 2. The van der Waals surface area contributed by atoms with Crippen LogP contribution in [-0.2, 0) is 14.3 Å². The molecule has 0 spiro atoms. The van der Waals surface area contributed by atoms with Crippen LogP contribution in [0.2, 0.25) is 10.0 Å². The van der Waals surface area contributed by atoms with Crippen molar-refractivity contribution in [1.29, 1.82) is 0 Å². The number of hydrogen-bond donors (Lipinski definition) is 1. The predicted octanol–water partition coefficient (Wildman–Crippen LogP) is 4.85. The molecule has 1 unspecified atom stereocenters. The molecule has 2 aromatic rings. The van der Waals surface area contributed by atoms with Gasteiger partial charge in [-0.05, 0) is 55.8 Å². The fraction of sp³-hybridized carbons (Fsp3) is 0.304. The molecule has 0 saturated carbocycles. The first-order valence-electron chi connectivity index (χ1n) is 9.74. The van der Waals surface area contributed by atoms with Crippen molar-refractivity contribution in [2.24, 2.45) is 0 Å². The number of Topliss-reactive ketones (excluding diaryl/α,β-unsaturated/α-hetero) is 1. The Morgan fingerprint density at radius 1 is 1.10 bits per heavy atom. The summed E-state index contributed by atoms with van der Waals surface area (Å²) in [5.41, 5.74) is 0.939. The lowest BCUT2D eigenvalue weighted by molar-refractivity contribution is -0.140. The van der Waals surface area contributed by atoms with Crippen LogP contribution < -0.4 is 4.74 Å². The van der Waals surface area contributed by atoms with Crippen molar-refractivity contribution in [2.75, 3.05) is 20.3 Å². The molecule has 1 aliphatic rings. The minimum atomic E-state index is -0.823. The largest absolute Gasteiger partial charge is 0.507 e. The van der Waals surface area contributed by atoms with Gasteiger partial charge in [-0.25, -0.2) is 0 Å². The highest BCUT2D eigenvalue weighted by atomic mass is 35.5. The van der Waals surface area contributed by atoms with Crippen LogP contribution >= 0.6 is 23.2 Å². The minimum absolute atomic E-state index is 0.000194. The van der Waals surface area contributed by atoms with Crippen LogP contribution in [0.1, 0.15) is 31.0 Å². The number of benzene rings is 2. The number of halogens is 2. The number of aliphatic hydroxyl groups is 1. The second-order valence-electron chi connectivity index (χ2n) is 7.35. The zero-order chi connectivity index (χ0) is 22.7. The number of ketones is 1. The molecule has 0 aromatic heterocycles. The molecule has 1 aliphatic heterocycles. The number of amides is 1. The van der Waals surface area contributed by atoms with Gasteiger partial charge in [0.05, 0.1) is 34.4 Å². The maximum Gasteiger partial charge on any atom is 0.295 e. The van der Waals surface area contributed by atoms with Gasteiger partial charge in [-0.1, -0.05) is 29.3 Å².